The molecule has 38 heavy (non-hydrogen) atoms. The third-order valence-corrected chi connectivity index (χ3v) is 7.24. The van der Waals surface area contributed by atoms with Crippen molar-refractivity contribution in [3.05, 3.63) is 130 Å². The van der Waals surface area contributed by atoms with Gasteiger partial charge < -0.3 is 9.47 Å². The van der Waals surface area contributed by atoms with Crippen LogP contribution in [0.5, 0.6) is 11.5 Å². The standard InChI is InChI=1S/C31H25BrN2O4/c1-37-28-18-21(12-17-27(28)38-30(36)22-13-15-25(32)16-14-22)20-33-34-29(35)26-19-31(26,23-8-4-2-5-9-23)24-10-6-3-7-11-24/h2-18,20,26H,19H2,1H3,(H,34,35)/t26-/m1/s1. The molecule has 0 unspecified atom stereocenters. The van der Waals surface area contributed by atoms with Crippen molar-refractivity contribution in [2.45, 2.75) is 11.8 Å². The van der Waals surface area contributed by atoms with Gasteiger partial charge in [0.15, 0.2) is 11.5 Å². The van der Waals surface area contributed by atoms with E-state index < -0.39 is 5.97 Å². The zero-order valence-corrected chi connectivity index (χ0v) is 22.2. The van der Waals surface area contributed by atoms with E-state index in [1.807, 2.05) is 36.4 Å². The normalized spacial score (nSPS) is 15.6. The molecule has 1 aliphatic rings. The van der Waals surface area contributed by atoms with Gasteiger partial charge in [0.2, 0.25) is 5.91 Å². The third kappa shape index (κ3) is 5.24. The first kappa shape index (κ1) is 25.4. The van der Waals surface area contributed by atoms with Crippen molar-refractivity contribution in [2.24, 2.45) is 11.0 Å². The van der Waals surface area contributed by atoms with E-state index in [0.717, 1.165) is 15.6 Å². The number of methoxy groups -OCH3 is 1. The quantitative estimate of drug-likeness (QED) is 0.120. The van der Waals surface area contributed by atoms with Gasteiger partial charge in [0.25, 0.3) is 0 Å². The van der Waals surface area contributed by atoms with Crippen LogP contribution >= 0.6 is 15.9 Å². The van der Waals surface area contributed by atoms with Crippen LogP contribution in [-0.4, -0.2) is 25.2 Å². The number of hydrogen-bond donors (Lipinski definition) is 1. The lowest BCUT2D eigenvalue weighted by molar-refractivity contribution is -0.122. The first-order chi connectivity index (χ1) is 18.5. The number of rotatable bonds is 8. The Labute approximate surface area is 229 Å². The van der Waals surface area contributed by atoms with Crippen LogP contribution in [0.3, 0.4) is 0 Å². The number of nitrogens with zero attached hydrogens (tertiary/aromatic N) is 1. The molecule has 0 saturated heterocycles. The molecular formula is C31H25BrN2O4. The Hall–Kier alpha value is -4.23. The maximum Gasteiger partial charge on any atom is 0.343 e. The lowest BCUT2D eigenvalue weighted by Gasteiger charge is -2.18. The largest absolute Gasteiger partial charge is 0.493 e. The van der Waals surface area contributed by atoms with Crippen molar-refractivity contribution in [2.75, 3.05) is 7.11 Å². The van der Waals surface area contributed by atoms with Gasteiger partial charge in [0.05, 0.1) is 24.8 Å². The molecule has 1 atom stereocenters. The second-order valence-electron chi connectivity index (χ2n) is 9.00. The molecule has 0 spiro atoms. The van der Waals surface area contributed by atoms with Crippen LogP contribution in [0.2, 0.25) is 0 Å². The number of hydrazone groups is 1. The van der Waals surface area contributed by atoms with Crippen LogP contribution in [-0.2, 0) is 10.2 Å². The van der Waals surface area contributed by atoms with Crippen LogP contribution in [0, 0.1) is 5.92 Å². The van der Waals surface area contributed by atoms with Gasteiger partial charge in [-0.25, -0.2) is 10.2 Å². The summed E-state index contributed by atoms with van der Waals surface area (Å²) in [6.45, 7) is 0. The lowest BCUT2D eigenvalue weighted by Crippen LogP contribution is -2.25. The van der Waals surface area contributed by atoms with Gasteiger partial charge >= 0.3 is 5.97 Å². The molecule has 1 amide bonds. The summed E-state index contributed by atoms with van der Waals surface area (Å²) >= 11 is 3.35. The predicted molar refractivity (Wildman–Crippen MR) is 150 cm³/mol. The number of esters is 1. The molecule has 190 valence electrons. The van der Waals surface area contributed by atoms with E-state index in [0.29, 0.717) is 23.3 Å². The maximum atomic E-state index is 13.1. The number of hydrogen-bond acceptors (Lipinski definition) is 5. The highest BCUT2D eigenvalue weighted by molar-refractivity contribution is 9.10. The molecule has 5 rings (SSSR count). The molecule has 0 aromatic heterocycles. The molecule has 4 aromatic rings. The average Bonchev–Trinajstić information content (AvgIpc) is 3.72. The van der Waals surface area contributed by atoms with Crippen molar-refractivity contribution >= 4 is 34.0 Å². The highest BCUT2D eigenvalue weighted by atomic mass is 79.9. The fraction of sp³-hybridized carbons (Fsp3) is 0.129. The van der Waals surface area contributed by atoms with Crippen LogP contribution in [0.4, 0.5) is 0 Å². The third-order valence-electron chi connectivity index (χ3n) is 6.71. The van der Waals surface area contributed by atoms with Gasteiger partial charge in [-0.3, -0.25) is 4.79 Å². The monoisotopic (exact) mass is 568 g/mol. The number of amides is 1. The van der Waals surface area contributed by atoms with E-state index in [2.05, 4.69) is 50.7 Å². The van der Waals surface area contributed by atoms with Gasteiger partial charge in [0.1, 0.15) is 0 Å². The molecular weight excluding hydrogens is 544 g/mol. The molecule has 1 N–H and O–H groups in total. The summed E-state index contributed by atoms with van der Waals surface area (Å²) < 4.78 is 11.8. The highest BCUT2D eigenvalue weighted by Crippen LogP contribution is 2.58. The summed E-state index contributed by atoms with van der Waals surface area (Å²) in [7, 11) is 1.49. The minimum atomic E-state index is -0.491. The number of carbonyl (C=O) groups is 2. The van der Waals surface area contributed by atoms with E-state index in [1.54, 1.807) is 42.5 Å². The van der Waals surface area contributed by atoms with E-state index >= 15 is 0 Å². The Morgan fingerprint density at radius 1 is 0.895 bits per heavy atom. The summed E-state index contributed by atoms with van der Waals surface area (Å²) in [5.74, 6) is -0.190. The molecule has 4 aromatic carbocycles. The maximum absolute atomic E-state index is 13.1. The van der Waals surface area contributed by atoms with Crippen LogP contribution in [0.1, 0.15) is 33.5 Å². The minimum absolute atomic E-state index is 0.138. The number of nitrogens with one attached hydrogen (secondary N) is 1. The molecule has 0 aliphatic heterocycles. The second kappa shape index (κ2) is 11.0. The summed E-state index contributed by atoms with van der Waals surface area (Å²) in [6, 6.07) is 32.2. The van der Waals surface area contributed by atoms with Gasteiger partial charge in [0, 0.05) is 9.89 Å². The summed E-state index contributed by atoms with van der Waals surface area (Å²) in [5.41, 5.74) is 5.68. The van der Waals surface area contributed by atoms with E-state index in [4.69, 9.17) is 9.47 Å². The summed E-state index contributed by atoms with van der Waals surface area (Å²) in [5, 5.41) is 4.19. The second-order valence-corrected chi connectivity index (χ2v) is 9.92. The van der Waals surface area contributed by atoms with Crippen LogP contribution in [0.25, 0.3) is 0 Å². The highest BCUT2D eigenvalue weighted by Gasteiger charge is 2.60. The van der Waals surface area contributed by atoms with Crippen molar-refractivity contribution < 1.29 is 19.1 Å². The van der Waals surface area contributed by atoms with Crippen molar-refractivity contribution in [3.8, 4) is 11.5 Å². The molecule has 7 heteroatoms. The molecule has 0 heterocycles. The van der Waals surface area contributed by atoms with Crippen LogP contribution in [0.15, 0.2) is 113 Å². The summed E-state index contributed by atoms with van der Waals surface area (Å²) in [4.78, 5) is 25.6. The Bertz CT molecular complexity index is 1430. The van der Waals surface area contributed by atoms with Gasteiger partial charge in [-0.05, 0) is 65.6 Å². The van der Waals surface area contributed by atoms with E-state index in [-0.39, 0.29) is 23.0 Å². The Kier molecular flexibility index (Phi) is 7.38. The number of carbonyl (C=O) groups excluding carboxylic acids is 2. The van der Waals surface area contributed by atoms with Gasteiger partial charge in [-0.15, -0.1) is 0 Å². The first-order valence-electron chi connectivity index (χ1n) is 12.1. The number of benzene rings is 4. The molecule has 0 bridgehead atoms. The SMILES string of the molecule is COc1cc(C=NNC(=O)[C@H]2CC2(c2ccccc2)c2ccccc2)ccc1OC(=O)c1ccc(Br)cc1. The average molecular weight is 569 g/mol. The van der Waals surface area contributed by atoms with E-state index in [1.165, 1.54) is 13.3 Å². The zero-order chi connectivity index (χ0) is 26.5. The predicted octanol–water partition coefficient (Wildman–Crippen LogP) is 6.13. The van der Waals surface area contributed by atoms with Crippen molar-refractivity contribution in [3.63, 3.8) is 0 Å². The molecule has 1 aliphatic carbocycles. The molecule has 1 saturated carbocycles. The topological polar surface area (TPSA) is 77.0 Å². The minimum Gasteiger partial charge on any atom is -0.493 e. The molecule has 0 radical (unpaired) electrons. The van der Waals surface area contributed by atoms with Crippen molar-refractivity contribution in [1.82, 2.24) is 5.43 Å². The smallest absolute Gasteiger partial charge is 0.343 e. The van der Waals surface area contributed by atoms with Gasteiger partial charge in [-0.1, -0.05) is 76.6 Å². The zero-order valence-electron chi connectivity index (χ0n) is 20.6. The number of ether oxygens (including phenoxy) is 2. The fourth-order valence-electron chi connectivity index (χ4n) is 4.70. The van der Waals surface area contributed by atoms with Crippen LogP contribution < -0.4 is 14.9 Å². The number of halogens is 1. The van der Waals surface area contributed by atoms with Crippen molar-refractivity contribution in [1.29, 1.82) is 0 Å². The molecule has 6 nitrogen and oxygen atoms in total. The lowest BCUT2D eigenvalue weighted by atomic mass is 9.85. The molecule has 1 fully saturated rings. The van der Waals surface area contributed by atoms with E-state index in [9.17, 15) is 9.59 Å². The Morgan fingerprint density at radius 3 is 2.13 bits per heavy atom. The Morgan fingerprint density at radius 2 is 1.53 bits per heavy atom. The fourth-order valence-corrected chi connectivity index (χ4v) is 4.96. The Balaban J connectivity index is 1.26. The first-order valence-corrected chi connectivity index (χ1v) is 12.9. The van der Waals surface area contributed by atoms with Gasteiger partial charge in [-0.2, -0.15) is 5.10 Å². The summed E-state index contributed by atoms with van der Waals surface area (Å²) in [6.07, 6.45) is 2.25.